The minimum absolute atomic E-state index is 0.171. The van der Waals surface area contributed by atoms with Crippen LogP contribution >= 0.6 is 0 Å². The lowest BCUT2D eigenvalue weighted by atomic mass is 9.99. The van der Waals surface area contributed by atoms with Crippen molar-refractivity contribution in [2.45, 2.75) is 56.6 Å². The fourth-order valence-corrected chi connectivity index (χ4v) is 2.61. The van der Waals surface area contributed by atoms with Gasteiger partial charge < -0.3 is 39.7 Å². The van der Waals surface area contributed by atoms with Gasteiger partial charge in [-0.2, -0.15) is 0 Å². The molecule has 5 N–H and O–H groups in total. The summed E-state index contributed by atoms with van der Waals surface area (Å²) in [6, 6.07) is 4.97. The smallest absolute Gasteiger partial charge is 0.335 e. The first-order valence-electron chi connectivity index (χ1n) is 8.18. The molecule has 9 heteroatoms. The molecular formula is C17H24O9. The molecule has 1 aromatic rings. The fraction of sp³-hybridized carbons (Fsp3) is 0.588. The Hall–Kier alpha value is -1.91. The van der Waals surface area contributed by atoms with Crippen LogP contribution in [0.5, 0.6) is 11.5 Å². The Morgan fingerprint density at radius 3 is 2.46 bits per heavy atom. The average molecular weight is 372 g/mol. The Morgan fingerprint density at radius 2 is 1.88 bits per heavy atom. The highest BCUT2D eigenvalue weighted by molar-refractivity contribution is 5.73. The number of aliphatic hydroxyl groups is 4. The Labute approximate surface area is 150 Å². The third-order valence-corrected chi connectivity index (χ3v) is 4.13. The molecule has 0 aliphatic carbocycles. The minimum atomic E-state index is -1.79. The van der Waals surface area contributed by atoms with Gasteiger partial charge in [0.1, 0.15) is 18.3 Å². The number of aryl methyl sites for hydroxylation is 1. The summed E-state index contributed by atoms with van der Waals surface area (Å²) in [5, 5.41) is 47.9. The number of carbonyl (C=O) groups is 1. The quantitative estimate of drug-likeness (QED) is 0.418. The van der Waals surface area contributed by atoms with Gasteiger partial charge in [0, 0.05) is 0 Å². The predicted molar refractivity (Wildman–Crippen MR) is 87.9 cm³/mol. The summed E-state index contributed by atoms with van der Waals surface area (Å²) in [7, 11) is 1.41. The maximum atomic E-state index is 11.1. The molecule has 0 aromatic heterocycles. The first-order valence-corrected chi connectivity index (χ1v) is 8.18. The van der Waals surface area contributed by atoms with E-state index < -0.39 is 42.8 Å². The van der Waals surface area contributed by atoms with Crippen LogP contribution in [0, 0.1) is 0 Å². The van der Waals surface area contributed by atoms with Crippen LogP contribution in [0.25, 0.3) is 0 Å². The molecule has 6 atom stereocenters. The number of benzene rings is 1. The van der Waals surface area contributed by atoms with Crippen LogP contribution < -0.4 is 9.47 Å². The second kappa shape index (κ2) is 8.65. The lowest BCUT2D eigenvalue weighted by molar-refractivity contribution is -0.271. The monoisotopic (exact) mass is 372 g/mol. The van der Waals surface area contributed by atoms with E-state index in [1.165, 1.54) is 7.11 Å². The number of carboxylic acid groups (broad SMARTS) is 1. The molecule has 0 radical (unpaired) electrons. The molecule has 1 aliphatic heterocycles. The van der Waals surface area contributed by atoms with E-state index in [4.69, 9.17) is 19.3 Å². The van der Waals surface area contributed by atoms with Crippen LogP contribution in [0.3, 0.4) is 0 Å². The number of carboxylic acids is 1. The summed E-state index contributed by atoms with van der Waals surface area (Å²) in [5.41, 5.74) is 0.888. The number of hydrogen-bond acceptors (Lipinski definition) is 8. The van der Waals surface area contributed by atoms with E-state index in [1.54, 1.807) is 25.1 Å². The van der Waals surface area contributed by atoms with Crippen molar-refractivity contribution < 1.29 is 44.5 Å². The van der Waals surface area contributed by atoms with E-state index in [2.05, 4.69) is 0 Å². The molecule has 1 saturated heterocycles. The summed E-state index contributed by atoms with van der Waals surface area (Å²) >= 11 is 0. The van der Waals surface area contributed by atoms with Gasteiger partial charge in [-0.3, -0.25) is 0 Å². The van der Waals surface area contributed by atoms with E-state index in [0.717, 1.165) is 5.56 Å². The van der Waals surface area contributed by atoms with Crippen LogP contribution in [0.1, 0.15) is 18.9 Å². The van der Waals surface area contributed by atoms with E-state index in [0.29, 0.717) is 18.6 Å². The van der Waals surface area contributed by atoms with Crippen molar-refractivity contribution in [3.05, 3.63) is 23.8 Å². The van der Waals surface area contributed by atoms with Crippen molar-refractivity contribution in [1.82, 2.24) is 0 Å². The summed E-state index contributed by atoms with van der Waals surface area (Å²) in [6.07, 6.45) is -7.69. The van der Waals surface area contributed by atoms with Gasteiger partial charge in [-0.25, -0.2) is 4.79 Å². The molecule has 0 spiro atoms. The van der Waals surface area contributed by atoms with Gasteiger partial charge in [0.25, 0.3) is 0 Å². The van der Waals surface area contributed by atoms with Crippen molar-refractivity contribution in [2.24, 2.45) is 0 Å². The van der Waals surface area contributed by atoms with Crippen molar-refractivity contribution in [2.75, 3.05) is 7.11 Å². The highest BCUT2D eigenvalue weighted by Gasteiger charge is 2.48. The molecule has 0 saturated carbocycles. The topological polar surface area (TPSA) is 146 Å². The zero-order chi connectivity index (χ0) is 19.4. The van der Waals surface area contributed by atoms with Crippen molar-refractivity contribution in [3.8, 4) is 11.5 Å². The summed E-state index contributed by atoms with van der Waals surface area (Å²) in [4.78, 5) is 11.1. The van der Waals surface area contributed by atoms with E-state index in [-0.39, 0.29) is 5.75 Å². The average Bonchev–Trinajstić information content (AvgIpc) is 2.60. The zero-order valence-electron chi connectivity index (χ0n) is 14.5. The maximum Gasteiger partial charge on any atom is 0.335 e. The molecular weight excluding hydrogens is 348 g/mol. The predicted octanol–water partition coefficient (Wildman–Crippen LogP) is -0.720. The van der Waals surface area contributed by atoms with Gasteiger partial charge in [-0.15, -0.1) is 0 Å². The molecule has 1 aliphatic rings. The van der Waals surface area contributed by atoms with Crippen LogP contribution in [-0.4, -0.2) is 75.4 Å². The zero-order valence-corrected chi connectivity index (χ0v) is 14.5. The molecule has 0 amide bonds. The molecule has 1 aromatic carbocycles. The Kier molecular flexibility index (Phi) is 6.79. The highest BCUT2D eigenvalue weighted by Crippen LogP contribution is 2.32. The van der Waals surface area contributed by atoms with E-state index >= 15 is 0 Å². The molecule has 146 valence electrons. The van der Waals surface area contributed by atoms with Gasteiger partial charge in [0.05, 0.1) is 13.2 Å². The molecule has 0 bridgehead atoms. The van der Waals surface area contributed by atoms with Crippen LogP contribution in [0.15, 0.2) is 18.2 Å². The lowest BCUT2D eigenvalue weighted by Crippen LogP contribution is -2.61. The summed E-state index contributed by atoms with van der Waals surface area (Å²) < 4.78 is 15.8. The van der Waals surface area contributed by atoms with Crippen LogP contribution in [-0.2, 0) is 16.0 Å². The number of ether oxygens (including phenoxy) is 3. The van der Waals surface area contributed by atoms with Crippen molar-refractivity contribution in [3.63, 3.8) is 0 Å². The number of aliphatic hydroxyl groups excluding tert-OH is 4. The molecule has 26 heavy (non-hydrogen) atoms. The van der Waals surface area contributed by atoms with E-state index in [9.17, 15) is 25.2 Å². The van der Waals surface area contributed by atoms with Crippen molar-refractivity contribution >= 4 is 5.97 Å². The number of methoxy groups -OCH3 is 1. The van der Waals surface area contributed by atoms with Gasteiger partial charge in [0.15, 0.2) is 17.6 Å². The standard InChI is InChI=1S/C17H24O9/c1-8(18)3-4-9-5-6-10(11(7-9)24-2)25-17-14(21)12(19)13(20)15(26-17)16(22)23/h5-8,12-15,17-21H,3-4H2,1-2H3,(H,22,23). The van der Waals surface area contributed by atoms with Gasteiger partial charge in [-0.1, -0.05) is 6.07 Å². The second-order valence-electron chi connectivity index (χ2n) is 6.23. The van der Waals surface area contributed by atoms with Gasteiger partial charge in [0.2, 0.25) is 6.29 Å². The minimum Gasteiger partial charge on any atom is -0.493 e. The summed E-state index contributed by atoms with van der Waals surface area (Å²) in [6.45, 7) is 1.69. The third kappa shape index (κ3) is 4.63. The molecule has 1 heterocycles. The third-order valence-electron chi connectivity index (χ3n) is 4.13. The normalized spacial score (nSPS) is 29.8. The maximum absolute atomic E-state index is 11.1. The Morgan fingerprint density at radius 1 is 1.19 bits per heavy atom. The number of rotatable bonds is 7. The number of aliphatic carboxylic acids is 1. The molecule has 6 unspecified atom stereocenters. The van der Waals surface area contributed by atoms with Gasteiger partial charge in [-0.05, 0) is 37.5 Å². The largest absolute Gasteiger partial charge is 0.493 e. The van der Waals surface area contributed by atoms with Crippen LogP contribution in [0.4, 0.5) is 0 Å². The van der Waals surface area contributed by atoms with E-state index in [1.807, 2.05) is 0 Å². The highest BCUT2D eigenvalue weighted by atomic mass is 16.7. The molecule has 1 fully saturated rings. The SMILES string of the molecule is COc1cc(CCC(C)O)ccc1OC1OC(C(=O)O)C(O)C(O)C1O. The lowest BCUT2D eigenvalue weighted by Gasteiger charge is -2.38. The summed E-state index contributed by atoms with van der Waals surface area (Å²) in [5.74, 6) is -1.00. The molecule has 2 rings (SSSR count). The van der Waals surface area contributed by atoms with Crippen LogP contribution in [0.2, 0.25) is 0 Å². The Bertz CT molecular complexity index is 618. The first-order chi connectivity index (χ1) is 12.2. The van der Waals surface area contributed by atoms with Gasteiger partial charge >= 0.3 is 5.97 Å². The fourth-order valence-electron chi connectivity index (χ4n) is 2.61. The first kappa shape index (κ1) is 20.4. The Balaban J connectivity index is 2.16. The van der Waals surface area contributed by atoms with Crippen molar-refractivity contribution in [1.29, 1.82) is 0 Å². The number of hydrogen-bond donors (Lipinski definition) is 5. The second-order valence-corrected chi connectivity index (χ2v) is 6.23. The molecule has 9 nitrogen and oxygen atoms in total.